The molecule has 27 heavy (non-hydrogen) atoms. The van der Waals surface area contributed by atoms with E-state index in [1.54, 1.807) is 18.5 Å². The maximum Gasteiger partial charge on any atom is 0.271 e. The molecular weight excluding hydrogens is 344 g/mol. The number of amides is 1. The predicted molar refractivity (Wildman–Crippen MR) is 102 cm³/mol. The fourth-order valence-electron chi connectivity index (χ4n) is 2.23. The molecule has 0 aliphatic heterocycles. The molecule has 0 spiro atoms. The molecule has 3 aromatic rings. The van der Waals surface area contributed by atoms with E-state index in [4.69, 9.17) is 0 Å². The van der Waals surface area contributed by atoms with Gasteiger partial charge in [-0.3, -0.25) is 9.78 Å². The standard InChI is InChI=1S/C18H20N8O/c1-12-3-4-19-16(7-12)26-17-8-15(24-11-25-17)20-5-6-21-18(27)14-10-22-13(2)9-23-14/h3-4,7-11H,5-6H2,1-2H3,(H,21,27)(H2,19,20,24,25,26). The van der Waals surface area contributed by atoms with Gasteiger partial charge in [-0.2, -0.15) is 0 Å². The zero-order valence-corrected chi connectivity index (χ0v) is 15.1. The van der Waals surface area contributed by atoms with Crippen molar-refractivity contribution in [3.05, 3.63) is 60.1 Å². The van der Waals surface area contributed by atoms with Crippen LogP contribution in [0.25, 0.3) is 0 Å². The van der Waals surface area contributed by atoms with Crippen LogP contribution in [0.4, 0.5) is 17.5 Å². The second-order valence-electron chi connectivity index (χ2n) is 5.86. The minimum absolute atomic E-state index is 0.264. The lowest BCUT2D eigenvalue weighted by molar-refractivity contribution is 0.0949. The van der Waals surface area contributed by atoms with Gasteiger partial charge in [0, 0.05) is 31.5 Å². The van der Waals surface area contributed by atoms with E-state index in [0.29, 0.717) is 36.2 Å². The van der Waals surface area contributed by atoms with Crippen molar-refractivity contribution < 1.29 is 4.79 Å². The Morgan fingerprint density at radius 1 is 0.926 bits per heavy atom. The monoisotopic (exact) mass is 364 g/mol. The summed E-state index contributed by atoms with van der Waals surface area (Å²) in [5.41, 5.74) is 2.16. The normalized spacial score (nSPS) is 10.3. The summed E-state index contributed by atoms with van der Waals surface area (Å²) in [6.07, 6.45) is 6.21. The van der Waals surface area contributed by atoms with Gasteiger partial charge in [0.15, 0.2) is 0 Å². The Bertz CT molecular complexity index is 913. The molecule has 0 unspecified atom stereocenters. The molecule has 0 saturated heterocycles. The van der Waals surface area contributed by atoms with E-state index in [1.807, 2.05) is 26.0 Å². The van der Waals surface area contributed by atoms with E-state index in [2.05, 4.69) is 40.9 Å². The van der Waals surface area contributed by atoms with Crippen LogP contribution in [0.1, 0.15) is 21.7 Å². The number of hydrogen-bond acceptors (Lipinski definition) is 8. The molecule has 138 valence electrons. The maximum absolute atomic E-state index is 12.0. The number of pyridine rings is 1. The highest BCUT2D eigenvalue weighted by atomic mass is 16.1. The number of anilines is 3. The quantitative estimate of drug-likeness (QED) is 0.544. The van der Waals surface area contributed by atoms with Crippen LogP contribution < -0.4 is 16.0 Å². The van der Waals surface area contributed by atoms with Crippen molar-refractivity contribution in [3.63, 3.8) is 0 Å². The topological polar surface area (TPSA) is 118 Å². The highest BCUT2D eigenvalue weighted by molar-refractivity contribution is 5.91. The Balaban J connectivity index is 1.48. The Labute approximate surface area is 156 Å². The first-order valence-corrected chi connectivity index (χ1v) is 8.42. The van der Waals surface area contributed by atoms with Gasteiger partial charge in [0.2, 0.25) is 0 Å². The molecule has 0 aromatic carbocycles. The number of hydrogen-bond donors (Lipinski definition) is 3. The van der Waals surface area contributed by atoms with Crippen molar-refractivity contribution in [2.75, 3.05) is 23.7 Å². The van der Waals surface area contributed by atoms with Crippen LogP contribution in [0.2, 0.25) is 0 Å². The summed E-state index contributed by atoms with van der Waals surface area (Å²) in [5.74, 6) is 1.72. The molecular formula is C18H20N8O. The number of nitrogens with one attached hydrogen (secondary N) is 3. The van der Waals surface area contributed by atoms with Crippen LogP contribution in [0.3, 0.4) is 0 Å². The van der Waals surface area contributed by atoms with Gasteiger partial charge in [-0.05, 0) is 31.5 Å². The van der Waals surface area contributed by atoms with E-state index in [1.165, 1.54) is 12.5 Å². The van der Waals surface area contributed by atoms with Crippen molar-refractivity contribution in [3.8, 4) is 0 Å². The summed E-state index contributed by atoms with van der Waals surface area (Å²) in [5, 5.41) is 9.04. The van der Waals surface area contributed by atoms with Gasteiger partial charge < -0.3 is 16.0 Å². The summed E-state index contributed by atoms with van der Waals surface area (Å²) in [6, 6.07) is 5.63. The van der Waals surface area contributed by atoms with Crippen LogP contribution in [0, 0.1) is 13.8 Å². The lowest BCUT2D eigenvalue weighted by Gasteiger charge is -2.09. The maximum atomic E-state index is 12.0. The zero-order valence-electron chi connectivity index (χ0n) is 15.1. The SMILES string of the molecule is Cc1ccnc(Nc2cc(NCCNC(=O)c3cnc(C)cn3)ncn2)c1. The number of aryl methyl sites for hydroxylation is 2. The average molecular weight is 364 g/mol. The summed E-state index contributed by atoms with van der Waals surface area (Å²) in [6.45, 7) is 4.74. The molecule has 3 aromatic heterocycles. The summed E-state index contributed by atoms with van der Waals surface area (Å²) < 4.78 is 0. The van der Waals surface area contributed by atoms with Gasteiger partial charge >= 0.3 is 0 Å². The molecule has 0 aliphatic rings. The lowest BCUT2D eigenvalue weighted by Crippen LogP contribution is -2.29. The number of nitrogens with zero attached hydrogens (tertiary/aromatic N) is 5. The van der Waals surface area contributed by atoms with E-state index in [0.717, 1.165) is 11.3 Å². The predicted octanol–water partition coefficient (Wildman–Crippen LogP) is 1.86. The van der Waals surface area contributed by atoms with Crippen LogP contribution >= 0.6 is 0 Å². The van der Waals surface area contributed by atoms with Gasteiger partial charge in [0.25, 0.3) is 5.91 Å². The van der Waals surface area contributed by atoms with Crippen molar-refractivity contribution in [1.29, 1.82) is 0 Å². The first-order chi connectivity index (χ1) is 13.1. The molecule has 3 rings (SSSR count). The van der Waals surface area contributed by atoms with Crippen LogP contribution in [-0.4, -0.2) is 43.9 Å². The average Bonchev–Trinajstić information content (AvgIpc) is 2.66. The highest BCUT2D eigenvalue weighted by Crippen LogP contribution is 2.14. The summed E-state index contributed by atoms with van der Waals surface area (Å²) in [4.78, 5) is 32.7. The molecule has 0 saturated carbocycles. The molecule has 0 fully saturated rings. The third kappa shape index (κ3) is 5.43. The molecule has 1 amide bonds. The number of carbonyl (C=O) groups is 1. The number of aromatic nitrogens is 5. The fourth-order valence-corrected chi connectivity index (χ4v) is 2.23. The van der Waals surface area contributed by atoms with Gasteiger partial charge in [-0.1, -0.05) is 0 Å². The Kier molecular flexibility index (Phi) is 5.83. The van der Waals surface area contributed by atoms with Crippen LogP contribution in [-0.2, 0) is 0 Å². The summed E-state index contributed by atoms with van der Waals surface area (Å²) in [7, 11) is 0. The van der Waals surface area contributed by atoms with Crippen LogP contribution in [0.15, 0.2) is 43.1 Å². The minimum atomic E-state index is -0.264. The second-order valence-corrected chi connectivity index (χ2v) is 5.86. The van der Waals surface area contributed by atoms with Crippen molar-refractivity contribution in [2.24, 2.45) is 0 Å². The van der Waals surface area contributed by atoms with Gasteiger partial charge in [0.1, 0.15) is 29.5 Å². The van der Waals surface area contributed by atoms with E-state index < -0.39 is 0 Å². The fraction of sp³-hybridized carbons (Fsp3) is 0.222. The number of rotatable bonds is 7. The molecule has 9 nitrogen and oxygen atoms in total. The van der Waals surface area contributed by atoms with Gasteiger partial charge in [0.05, 0.1) is 11.9 Å². The summed E-state index contributed by atoms with van der Waals surface area (Å²) >= 11 is 0. The van der Waals surface area contributed by atoms with Gasteiger partial charge in [-0.25, -0.2) is 19.9 Å². The Hall–Kier alpha value is -3.62. The second kappa shape index (κ2) is 8.65. The molecule has 9 heteroatoms. The smallest absolute Gasteiger partial charge is 0.271 e. The first-order valence-electron chi connectivity index (χ1n) is 8.42. The molecule has 0 radical (unpaired) electrons. The minimum Gasteiger partial charge on any atom is -0.368 e. The lowest BCUT2D eigenvalue weighted by atomic mass is 10.3. The van der Waals surface area contributed by atoms with E-state index in [-0.39, 0.29) is 5.91 Å². The zero-order chi connectivity index (χ0) is 19.1. The number of carbonyl (C=O) groups excluding carboxylic acids is 1. The molecule has 0 atom stereocenters. The Morgan fingerprint density at radius 3 is 2.52 bits per heavy atom. The molecule has 3 N–H and O–H groups in total. The van der Waals surface area contributed by atoms with Crippen LogP contribution in [0.5, 0.6) is 0 Å². The highest BCUT2D eigenvalue weighted by Gasteiger charge is 2.06. The third-order valence-electron chi connectivity index (χ3n) is 3.57. The first kappa shape index (κ1) is 18.2. The Morgan fingerprint density at radius 2 is 1.74 bits per heavy atom. The largest absolute Gasteiger partial charge is 0.368 e. The third-order valence-corrected chi connectivity index (χ3v) is 3.57. The molecule has 0 aliphatic carbocycles. The van der Waals surface area contributed by atoms with Crippen molar-refractivity contribution in [1.82, 2.24) is 30.2 Å². The van der Waals surface area contributed by atoms with Gasteiger partial charge in [-0.15, -0.1) is 0 Å². The van der Waals surface area contributed by atoms with E-state index >= 15 is 0 Å². The molecule has 0 bridgehead atoms. The van der Waals surface area contributed by atoms with Crippen molar-refractivity contribution in [2.45, 2.75) is 13.8 Å². The van der Waals surface area contributed by atoms with E-state index in [9.17, 15) is 4.79 Å². The van der Waals surface area contributed by atoms with Crippen molar-refractivity contribution >= 4 is 23.4 Å². The molecule has 3 heterocycles.